The second-order valence-corrected chi connectivity index (χ2v) is 6.50. The SMILES string of the molecule is CC(c1ccc(OC(F)(F)F)cc1)S(=O)Cc1nccn1C. The van der Waals surface area contributed by atoms with E-state index >= 15 is 0 Å². The topological polar surface area (TPSA) is 44.1 Å². The van der Waals surface area contributed by atoms with Gasteiger partial charge in [-0.05, 0) is 24.6 Å². The highest BCUT2D eigenvalue weighted by Gasteiger charge is 2.31. The Morgan fingerprint density at radius 1 is 1.32 bits per heavy atom. The van der Waals surface area contributed by atoms with Crippen molar-refractivity contribution in [2.24, 2.45) is 7.05 Å². The van der Waals surface area contributed by atoms with Crippen LogP contribution in [0.25, 0.3) is 0 Å². The van der Waals surface area contributed by atoms with Gasteiger partial charge in [0.1, 0.15) is 11.6 Å². The lowest BCUT2D eigenvalue weighted by Gasteiger charge is -2.13. The third kappa shape index (κ3) is 4.33. The van der Waals surface area contributed by atoms with Crippen LogP contribution < -0.4 is 4.74 Å². The van der Waals surface area contributed by atoms with E-state index in [0.717, 1.165) is 0 Å². The van der Waals surface area contributed by atoms with Crippen LogP contribution in [0.2, 0.25) is 0 Å². The Kier molecular flexibility index (Phi) is 4.90. The number of aryl methyl sites for hydroxylation is 1. The highest BCUT2D eigenvalue weighted by atomic mass is 32.2. The maximum absolute atomic E-state index is 12.3. The van der Waals surface area contributed by atoms with Crippen LogP contribution in [0.5, 0.6) is 5.75 Å². The summed E-state index contributed by atoms with van der Waals surface area (Å²) in [4.78, 5) is 4.11. The Morgan fingerprint density at radius 3 is 2.45 bits per heavy atom. The van der Waals surface area contributed by atoms with E-state index < -0.39 is 17.2 Å². The molecule has 0 saturated carbocycles. The number of nitrogens with zero attached hydrogens (tertiary/aromatic N) is 2. The molecule has 0 spiro atoms. The molecule has 2 rings (SSSR count). The molecular formula is C14H15F3N2O2S. The zero-order chi connectivity index (χ0) is 16.3. The second kappa shape index (κ2) is 6.51. The second-order valence-electron chi connectivity index (χ2n) is 4.74. The molecule has 8 heteroatoms. The average molecular weight is 332 g/mol. The van der Waals surface area contributed by atoms with Gasteiger partial charge in [0, 0.05) is 30.2 Å². The molecule has 2 unspecified atom stereocenters. The number of hydrogen-bond donors (Lipinski definition) is 0. The fourth-order valence-electron chi connectivity index (χ4n) is 1.88. The molecule has 2 aromatic rings. The van der Waals surface area contributed by atoms with Crippen LogP contribution in [-0.2, 0) is 23.6 Å². The predicted molar refractivity (Wildman–Crippen MR) is 76.6 cm³/mol. The van der Waals surface area contributed by atoms with Crippen molar-refractivity contribution in [1.82, 2.24) is 9.55 Å². The Bertz CT molecular complexity index is 653. The molecule has 0 radical (unpaired) electrons. The molecule has 2 atom stereocenters. The summed E-state index contributed by atoms with van der Waals surface area (Å²) in [5.41, 5.74) is 0.682. The van der Waals surface area contributed by atoms with Crippen LogP contribution in [0.15, 0.2) is 36.7 Å². The van der Waals surface area contributed by atoms with Gasteiger partial charge < -0.3 is 9.30 Å². The van der Waals surface area contributed by atoms with Crippen molar-refractivity contribution in [3.8, 4) is 5.75 Å². The molecule has 120 valence electrons. The lowest BCUT2D eigenvalue weighted by Crippen LogP contribution is -2.17. The first-order valence-corrected chi connectivity index (χ1v) is 7.83. The number of benzene rings is 1. The smallest absolute Gasteiger partial charge is 0.406 e. The van der Waals surface area contributed by atoms with Crippen LogP contribution >= 0.6 is 0 Å². The van der Waals surface area contributed by atoms with E-state index in [-0.39, 0.29) is 16.8 Å². The average Bonchev–Trinajstić information content (AvgIpc) is 2.82. The number of rotatable bonds is 5. The molecule has 0 saturated heterocycles. The van der Waals surface area contributed by atoms with Gasteiger partial charge in [0.15, 0.2) is 0 Å². The molecule has 0 aliphatic rings. The number of ether oxygens (including phenoxy) is 1. The third-order valence-corrected chi connectivity index (χ3v) is 4.77. The normalized spacial score (nSPS) is 14.6. The molecule has 0 amide bonds. The van der Waals surface area contributed by atoms with E-state index in [2.05, 4.69) is 9.72 Å². The lowest BCUT2D eigenvalue weighted by molar-refractivity contribution is -0.274. The number of aromatic nitrogens is 2. The lowest BCUT2D eigenvalue weighted by atomic mass is 10.2. The van der Waals surface area contributed by atoms with Crippen molar-refractivity contribution < 1.29 is 22.1 Å². The number of alkyl halides is 3. The van der Waals surface area contributed by atoms with E-state index in [0.29, 0.717) is 11.4 Å². The minimum atomic E-state index is -4.71. The quantitative estimate of drug-likeness (QED) is 0.843. The summed E-state index contributed by atoms with van der Waals surface area (Å²) in [5, 5.41) is -0.323. The van der Waals surface area contributed by atoms with E-state index in [1.165, 1.54) is 24.3 Å². The molecule has 1 aromatic carbocycles. The molecule has 1 aromatic heterocycles. The molecule has 22 heavy (non-hydrogen) atoms. The van der Waals surface area contributed by atoms with Gasteiger partial charge >= 0.3 is 6.36 Å². The van der Waals surface area contributed by atoms with Gasteiger partial charge in [0.25, 0.3) is 0 Å². The molecule has 0 aliphatic carbocycles. The van der Waals surface area contributed by atoms with Crippen molar-refractivity contribution in [1.29, 1.82) is 0 Å². The molecule has 0 bridgehead atoms. The van der Waals surface area contributed by atoms with Crippen LogP contribution in [0.1, 0.15) is 23.6 Å². The summed E-state index contributed by atoms with van der Waals surface area (Å²) in [7, 11) is 0.586. The highest BCUT2D eigenvalue weighted by Crippen LogP contribution is 2.27. The van der Waals surface area contributed by atoms with Crippen LogP contribution in [0.3, 0.4) is 0 Å². The summed E-state index contributed by atoms with van der Waals surface area (Å²) in [5.74, 6) is 0.686. The van der Waals surface area contributed by atoms with E-state index in [1.807, 2.05) is 7.05 Å². The molecule has 0 fully saturated rings. The van der Waals surface area contributed by atoms with Crippen LogP contribution in [-0.4, -0.2) is 20.1 Å². The van der Waals surface area contributed by atoms with Gasteiger partial charge in [0.2, 0.25) is 0 Å². The maximum Gasteiger partial charge on any atom is 0.573 e. The monoisotopic (exact) mass is 332 g/mol. The Morgan fingerprint density at radius 2 is 1.95 bits per heavy atom. The molecule has 0 N–H and O–H groups in total. The van der Waals surface area contributed by atoms with E-state index in [1.54, 1.807) is 23.9 Å². The number of hydrogen-bond acceptors (Lipinski definition) is 3. The predicted octanol–water partition coefficient (Wildman–Crippen LogP) is 3.33. The van der Waals surface area contributed by atoms with Crippen molar-refractivity contribution >= 4 is 10.8 Å². The third-order valence-electron chi connectivity index (χ3n) is 3.17. The fraction of sp³-hybridized carbons (Fsp3) is 0.357. The Hall–Kier alpha value is -1.83. The van der Waals surface area contributed by atoms with Gasteiger partial charge in [0.05, 0.1) is 11.0 Å². The van der Waals surface area contributed by atoms with Gasteiger partial charge in [-0.2, -0.15) is 0 Å². The summed E-state index contributed by atoms with van der Waals surface area (Å²) >= 11 is 0. The Labute approximate surface area is 128 Å². The van der Waals surface area contributed by atoms with Crippen molar-refractivity contribution in [3.05, 3.63) is 48.0 Å². The van der Waals surface area contributed by atoms with Crippen molar-refractivity contribution in [2.45, 2.75) is 24.3 Å². The van der Waals surface area contributed by atoms with Gasteiger partial charge in [-0.25, -0.2) is 4.98 Å². The van der Waals surface area contributed by atoms with E-state index in [9.17, 15) is 17.4 Å². The van der Waals surface area contributed by atoms with Crippen molar-refractivity contribution in [3.63, 3.8) is 0 Å². The first-order valence-electron chi connectivity index (χ1n) is 6.45. The first kappa shape index (κ1) is 16.5. The van der Waals surface area contributed by atoms with Crippen LogP contribution in [0.4, 0.5) is 13.2 Å². The van der Waals surface area contributed by atoms with E-state index in [4.69, 9.17) is 0 Å². The first-order chi connectivity index (χ1) is 10.3. The summed E-state index contributed by atoms with van der Waals surface area (Å²) < 4.78 is 54.2. The molecule has 1 heterocycles. The summed E-state index contributed by atoms with van der Waals surface area (Å²) in [6.45, 7) is 1.76. The maximum atomic E-state index is 12.3. The highest BCUT2D eigenvalue weighted by molar-refractivity contribution is 7.84. The molecule has 4 nitrogen and oxygen atoms in total. The molecule has 0 aliphatic heterocycles. The number of halogens is 3. The minimum Gasteiger partial charge on any atom is -0.406 e. The largest absolute Gasteiger partial charge is 0.573 e. The summed E-state index contributed by atoms with van der Waals surface area (Å²) in [6.07, 6.45) is -1.32. The van der Waals surface area contributed by atoms with Gasteiger partial charge in [-0.15, -0.1) is 13.2 Å². The van der Waals surface area contributed by atoms with Crippen molar-refractivity contribution in [2.75, 3.05) is 0 Å². The van der Waals surface area contributed by atoms with Gasteiger partial charge in [-0.1, -0.05) is 12.1 Å². The Balaban J connectivity index is 2.04. The zero-order valence-electron chi connectivity index (χ0n) is 12.0. The van der Waals surface area contributed by atoms with Gasteiger partial charge in [-0.3, -0.25) is 4.21 Å². The van der Waals surface area contributed by atoms with Crippen LogP contribution in [0, 0.1) is 0 Å². The fourth-order valence-corrected chi connectivity index (χ4v) is 3.12. The number of imidazole rings is 1. The zero-order valence-corrected chi connectivity index (χ0v) is 12.8. The minimum absolute atomic E-state index is 0.283. The molecular weight excluding hydrogens is 317 g/mol. The summed E-state index contributed by atoms with van der Waals surface area (Å²) in [6, 6.07) is 5.42. The standard InChI is InChI=1S/C14H15F3N2O2S/c1-10(22(20)9-13-18-7-8-19(13)2)11-3-5-12(6-4-11)21-14(15,16)17/h3-8,10H,9H2,1-2H3.